The van der Waals surface area contributed by atoms with Gasteiger partial charge in [-0.15, -0.1) is 0 Å². The molecule has 0 spiro atoms. The van der Waals surface area contributed by atoms with Crippen LogP contribution in [0.5, 0.6) is 5.75 Å². The van der Waals surface area contributed by atoms with E-state index < -0.39 is 5.82 Å². The Hall–Kier alpha value is -1.12. The smallest absolute Gasteiger partial charge is 0.180 e. The maximum atomic E-state index is 14.0. The van der Waals surface area contributed by atoms with Gasteiger partial charge < -0.3 is 9.64 Å². The molecule has 0 saturated carbocycles. The molecule has 1 atom stereocenters. The van der Waals surface area contributed by atoms with Gasteiger partial charge in [-0.1, -0.05) is 6.42 Å². The molecule has 1 aromatic carbocycles. The molecule has 0 aliphatic carbocycles. The Labute approximate surface area is 121 Å². The Bertz CT molecular complexity index is 501. The van der Waals surface area contributed by atoms with Crippen LogP contribution in [0.25, 0.3) is 0 Å². The minimum Gasteiger partial charge on any atom is -0.489 e. The zero-order valence-corrected chi connectivity index (χ0v) is 12.4. The second-order valence-corrected chi connectivity index (χ2v) is 5.59. The molecule has 19 heavy (non-hydrogen) atoms. The summed E-state index contributed by atoms with van der Waals surface area (Å²) in [6, 6.07) is 5.34. The van der Waals surface area contributed by atoms with E-state index in [1.807, 2.05) is 6.07 Å². The van der Waals surface area contributed by atoms with Crippen LogP contribution in [0, 0.1) is 17.1 Å². The van der Waals surface area contributed by atoms with Gasteiger partial charge in [0, 0.05) is 6.04 Å². The highest BCUT2D eigenvalue weighted by Gasteiger charge is 2.20. The van der Waals surface area contributed by atoms with E-state index in [-0.39, 0.29) is 15.8 Å². The molecule has 1 unspecified atom stereocenters. The number of nitriles is 1. The lowest BCUT2D eigenvalue weighted by Crippen LogP contribution is -2.40. The van der Waals surface area contributed by atoms with Gasteiger partial charge >= 0.3 is 0 Å². The fourth-order valence-electron chi connectivity index (χ4n) is 2.27. The summed E-state index contributed by atoms with van der Waals surface area (Å²) in [7, 11) is 2.07. The topological polar surface area (TPSA) is 36.3 Å². The maximum absolute atomic E-state index is 14.0. The average molecular weight is 327 g/mol. The fraction of sp³-hybridized carbons (Fsp3) is 0.500. The van der Waals surface area contributed by atoms with Crippen molar-refractivity contribution in [2.45, 2.75) is 25.3 Å². The van der Waals surface area contributed by atoms with Gasteiger partial charge in [-0.05, 0) is 54.5 Å². The van der Waals surface area contributed by atoms with E-state index in [1.54, 1.807) is 6.07 Å². The Kier molecular flexibility index (Phi) is 4.78. The van der Waals surface area contributed by atoms with Crippen LogP contribution in [0.1, 0.15) is 24.8 Å². The molecule has 0 amide bonds. The van der Waals surface area contributed by atoms with Gasteiger partial charge in [-0.3, -0.25) is 0 Å². The van der Waals surface area contributed by atoms with Crippen molar-refractivity contribution >= 4 is 15.9 Å². The largest absolute Gasteiger partial charge is 0.489 e. The molecule has 1 aromatic rings. The highest BCUT2D eigenvalue weighted by molar-refractivity contribution is 9.10. The van der Waals surface area contributed by atoms with Gasteiger partial charge in [-0.2, -0.15) is 5.26 Å². The average Bonchev–Trinajstić information content (AvgIpc) is 2.42. The number of ether oxygens (including phenoxy) is 1. The van der Waals surface area contributed by atoms with E-state index in [0.717, 1.165) is 13.0 Å². The van der Waals surface area contributed by atoms with Gasteiger partial charge in [0.1, 0.15) is 12.7 Å². The standard InChI is InChI=1S/C14H16BrFN2O/c1-18-7-3-2-4-11(18)9-19-12-6-5-10(8-17)13(15)14(12)16/h5-6,11H,2-4,7,9H2,1H3. The Balaban J connectivity index is 2.04. The molecular weight excluding hydrogens is 311 g/mol. The molecule has 1 heterocycles. The summed E-state index contributed by atoms with van der Waals surface area (Å²) < 4.78 is 19.7. The monoisotopic (exact) mass is 326 g/mol. The van der Waals surface area contributed by atoms with Gasteiger partial charge in [0.05, 0.1) is 10.0 Å². The third-order valence-electron chi connectivity index (χ3n) is 3.52. The third-order valence-corrected chi connectivity index (χ3v) is 4.30. The lowest BCUT2D eigenvalue weighted by atomic mass is 10.0. The highest BCUT2D eigenvalue weighted by Crippen LogP contribution is 2.28. The van der Waals surface area contributed by atoms with Crippen molar-refractivity contribution in [2.24, 2.45) is 0 Å². The van der Waals surface area contributed by atoms with Crippen molar-refractivity contribution in [3.05, 3.63) is 28.0 Å². The lowest BCUT2D eigenvalue weighted by molar-refractivity contribution is 0.122. The van der Waals surface area contributed by atoms with Crippen molar-refractivity contribution in [3.8, 4) is 11.8 Å². The van der Waals surface area contributed by atoms with E-state index in [2.05, 4.69) is 27.9 Å². The first-order valence-electron chi connectivity index (χ1n) is 6.34. The number of nitrogens with zero attached hydrogens (tertiary/aromatic N) is 2. The molecule has 1 aliphatic rings. The summed E-state index contributed by atoms with van der Waals surface area (Å²) in [5.41, 5.74) is 0.277. The summed E-state index contributed by atoms with van der Waals surface area (Å²) in [4.78, 5) is 2.25. The molecule has 1 fully saturated rings. The van der Waals surface area contributed by atoms with Gasteiger partial charge in [0.25, 0.3) is 0 Å². The summed E-state index contributed by atoms with van der Waals surface area (Å²) in [5.74, 6) is -0.303. The minimum atomic E-state index is -0.502. The van der Waals surface area contributed by atoms with Crippen LogP contribution in [-0.4, -0.2) is 31.1 Å². The number of likely N-dealkylation sites (tertiary alicyclic amines) is 1. The van der Waals surface area contributed by atoms with E-state index in [0.29, 0.717) is 12.6 Å². The Morgan fingerprint density at radius 3 is 3.00 bits per heavy atom. The van der Waals surface area contributed by atoms with Crippen molar-refractivity contribution < 1.29 is 9.13 Å². The molecule has 0 bridgehead atoms. The second-order valence-electron chi connectivity index (χ2n) is 4.79. The minimum absolute atomic E-state index is 0.171. The molecule has 1 aliphatic heterocycles. The van der Waals surface area contributed by atoms with Gasteiger partial charge in [-0.25, -0.2) is 4.39 Å². The van der Waals surface area contributed by atoms with E-state index in [9.17, 15) is 4.39 Å². The van der Waals surface area contributed by atoms with Crippen LogP contribution in [0.3, 0.4) is 0 Å². The fourth-order valence-corrected chi connectivity index (χ4v) is 2.69. The first-order chi connectivity index (χ1) is 9.13. The highest BCUT2D eigenvalue weighted by atomic mass is 79.9. The number of piperidine rings is 1. The zero-order chi connectivity index (χ0) is 13.8. The molecule has 3 nitrogen and oxygen atoms in total. The predicted octanol–water partition coefficient (Wildman–Crippen LogP) is 3.32. The summed E-state index contributed by atoms with van der Waals surface area (Å²) in [5, 5.41) is 8.81. The van der Waals surface area contributed by atoms with E-state index in [4.69, 9.17) is 10.00 Å². The van der Waals surface area contributed by atoms with Crippen LogP contribution in [0.4, 0.5) is 4.39 Å². The first kappa shape index (κ1) is 14.3. The summed E-state index contributed by atoms with van der Waals surface area (Å²) in [6.45, 7) is 1.54. The van der Waals surface area contributed by atoms with Gasteiger partial charge in [0.15, 0.2) is 11.6 Å². The molecular formula is C14H16BrFN2O. The molecule has 5 heteroatoms. The predicted molar refractivity (Wildman–Crippen MR) is 74.6 cm³/mol. The quantitative estimate of drug-likeness (QED) is 0.854. The third kappa shape index (κ3) is 3.26. The van der Waals surface area contributed by atoms with Crippen LogP contribution in [0.15, 0.2) is 16.6 Å². The number of rotatable bonds is 3. The molecule has 0 aromatic heterocycles. The SMILES string of the molecule is CN1CCCCC1COc1ccc(C#N)c(Br)c1F. The molecule has 2 rings (SSSR count). The Morgan fingerprint density at radius 2 is 2.32 bits per heavy atom. The first-order valence-corrected chi connectivity index (χ1v) is 7.14. The number of hydrogen-bond acceptors (Lipinski definition) is 3. The molecule has 102 valence electrons. The van der Waals surface area contributed by atoms with Crippen LogP contribution < -0.4 is 4.74 Å². The molecule has 0 N–H and O–H groups in total. The van der Waals surface area contributed by atoms with Crippen molar-refractivity contribution in [3.63, 3.8) is 0 Å². The number of hydrogen-bond donors (Lipinski definition) is 0. The normalized spacial score (nSPS) is 20.0. The van der Waals surface area contributed by atoms with Crippen LogP contribution in [-0.2, 0) is 0 Å². The van der Waals surface area contributed by atoms with Crippen LogP contribution >= 0.6 is 15.9 Å². The summed E-state index contributed by atoms with van der Waals surface area (Å²) in [6.07, 6.45) is 3.48. The van der Waals surface area contributed by atoms with Crippen molar-refractivity contribution in [2.75, 3.05) is 20.2 Å². The van der Waals surface area contributed by atoms with Gasteiger partial charge in [0.2, 0.25) is 0 Å². The van der Waals surface area contributed by atoms with Crippen LogP contribution in [0.2, 0.25) is 0 Å². The summed E-state index contributed by atoms with van der Waals surface area (Å²) >= 11 is 3.08. The number of halogens is 2. The van der Waals surface area contributed by atoms with Crippen molar-refractivity contribution in [1.82, 2.24) is 4.90 Å². The lowest BCUT2D eigenvalue weighted by Gasteiger charge is -2.32. The number of benzene rings is 1. The van der Waals surface area contributed by atoms with E-state index in [1.165, 1.54) is 18.9 Å². The molecule has 1 saturated heterocycles. The molecule has 0 radical (unpaired) electrons. The van der Waals surface area contributed by atoms with Crippen molar-refractivity contribution in [1.29, 1.82) is 5.26 Å². The number of likely N-dealkylation sites (N-methyl/N-ethyl adjacent to an activating group) is 1. The maximum Gasteiger partial charge on any atom is 0.180 e. The van der Waals surface area contributed by atoms with E-state index >= 15 is 0 Å². The Morgan fingerprint density at radius 1 is 1.53 bits per heavy atom. The second kappa shape index (κ2) is 6.36. The zero-order valence-electron chi connectivity index (χ0n) is 10.8.